The van der Waals surface area contributed by atoms with Crippen molar-refractivity contribution in [2.24, 2.45) is 5.92 Å². The Bertz CT molecular complexity index is 289. The quantitative estimate of drug-likeness (QED) is 0.770. The van der Waals surface area contributed by atoms with E-state index in [2.05, 4.69) is 35.6 Å². The van der Waals surface area contributed by atoms with E-state index in [1.165, 1.54) is 18.5 Å². The van der Waals surface area contributed by atoms with E-state index in [4.69, 9.17) is 0 Å². The molecule has 0 bridgehead atoms. The van der Waals surface area contributed by atoms with Crippen molar-refractivity contribution in [2.45, 2.75) is 46.1 Å². The first-order chi connectivity index (χ1) is 7.72. The van der Waals surface area contributed by atoms with Gasteiger partial charge in [-0.2, -0.15) is 0 Å². The highest BCUT2D eigenvalue weighted by molar-refractivity contribution is 5.06. The standard InChI is InChI=1S/C13H25N3/c1-5-12(6-2)13-8-15-10-16(13)9-11(3)7-14-4/h8,10-12,14H,5-7,9H2,1-4H3. The highest BCUT2D eigenvalue weighted by Crippen LogP contribution is 2.23. The molecule has 0 spiro atoms. The molecule has 0 aromatic carbocycles. The van der Waals surface area contributed by atoms with Gasteiger partial charge >= 0.3 is 0 Å². The van der Waals surface area contributed by atoms with Crippen molar-refractivity contribution >= 4 is 0 Å². The molecule has 3 heteroatoms. The molecule has 16 heavy (non-hydrogen) atoms. The van der Waals surface area contributed by atoms with Crippen molar-refractivity contribution in [1.29, 1.82) is 0 Å². The Balaban J connectivity index is 2.69. The van der Waals surface area contributed by atoms with Crippen molar-refractivity contribution in [3.8, 4) is 0 Å². The van der Waals surface area contributed by atoms with E-state index in [0.29, 0.717) is 11.8 Å². The van der Waals surface area contributed by atoms with Crippen LogP contribution in [0.1, 0.15) is 45.2 Å². The summed E-state index contributed by atoms with van der Waals surface area (Å²) in [6.45, 7) is 8.89. The molecule has 3 nitrogen and oxygen atoms in total. The van der Waals surface area contributed by atoms with Crippen LogP contribution in [-0.4, -0.2) is 23.1 Å². The second-order valence-electron chi connectivity index (χ2n) is 4.65. The second-order valence-corrected chi connectivity index (χ2v) is 4.65. The van der Waals surface area contributed by atoms with E-state index in [1.54, 1.807) is 0 Å². The lowest BCUT2D eigenvalue weighted by Gasteiger charge is -2.18. The molecule has 0 radical (unpaired) electrons. The summed E-state index contributed by atoms with van der Waals surface area (Å²) in [4.78, 5) is 4.29. The molecule has 0 amide bonds. The number of nitrogens with zero attached hydrogens (tertiary/aromatic N) is 2. The normalized spacial score (nSPS) is 13.3. The van der Waals surface area contributed by atoms with E-state index >= 15 is 0 Å². The third kappa shape index (κ3) is 3.34. The Hall–Kier alpha value is -0.830. The molecule has 1 aromatic heterocycles. The van der Waals surface area contributed by atoms with E-state index in [1.807, 2.05) is 19.6 Å². The van der Waals surface area contributed by atoms with Crippen molar-refractivity contribution in [1.82, 2.24) is 14.9 Å². The van der Waals surface area contributed by atoms with Crippen LogP contribution >= 0.6 is 0 Å². The molecule has 0 aliphatic heterocycles. The average molecular weight is 223 g/mol. The van der Waals surface area contributed by atoms with E-state index in [9.17, 15) is 0 Å². The Morgan fingerprint density at radius 1 is 1.38 bits per heavy atom. The van der Waals surface area contributed by atoms with Crippen LogP contribution in [0.2, 0.25) is 0 Å². The minimum Gasteiger partial charge on any atom is -0.334 e. The average Bonchev–Trinajstić information content (AvgIpc) is 2.69. The number of aromatic nitrogens is 2. The van der Waals surface area contributed by atoms with Gasteiger partial charge in [0, 0.05) is 24.4 Å². The lowest BCUT2D eigenvalue weighted by molar-refractivity contribution is 0.441. The Morgan fingerprint density at radius 3 is 2.62 bits per heavy atom. The summed E-state index contributed by atoms with van der Waals surface area (Å²) in [5.41, 5.74) is 1.40. The fourth-order valence-corrected chi connectivity index (χ4v) is 2.28. The van der Waals surface area contributed by atoms with Crippen LogP contribution in [0, 0.1) is 5.92 Å². The molecule has 0 aliphatic carbocycles. The molecule has 1 aromatic rings. The van der Waals surface area contributed by atoms with Gasteiger partial charge in [0.15, 0.2) is 0 Å². The summed E-state index contributed by atoms with van der Waals surface area (Å²) >= 11 is 0. The van der Waals surface area contributed by atoms with Crippen LogP contribution < -0.4 is 5.32 Å². The summed E-state index contributed by atoms with van der Waals surface area (Å²) < 4.78 is 2.32. The van der Waals surface area contributed by atoms with Crippen LogP contribution in [-0.2, 0) is 6.54 Å². The predicted octanol–water partition coefficient (Wildman–Crippen LogP) is 2.64. The van der Waals surface area contributed by atoms with Crippen LogP contribution in [0.4, 0.5) is 0 Å². The summed E-state index contributed by atoms with van der Waals surface area (Å²) in [5.74, 6) is 1.30. The summed E-state index contributed by atoms with van der Waals surface area (Å²) in [6.07, 6.45) is 6.40. The third-order valence-electron chi connectivity index (χ3n) is 3.21. The van der Waals surface area contributed by atoms with Gasteiger partial charge < -0.3 is 9.88 Å². The van der Waals surface area contributed by atoms with E-state index < -0.39 is 0 Å². The number of rotatable bonds is 7. The molecule has 1 rings (SSSR count). The topological polar surface area (TPSA) is 29.9 Å². The minimum atomic E-state index is 0.646. The van der Waals surface area contributed by atoms with Gasteiger partial charge in [-0.3, -0.25) is 0 Å². The molecule has 0 saturated carbocycles. The van der Waals surface area contributed by atoms with Crippen LogP contribution in [0.3, 0.4) is 0 Å². The highest BCUT2D eigenvalue weighted by Gasteiger charge is 2.13. The Morgan fingerprint density at radius 2 is 2.06 bits per heavy atom. The van der Waals surface area contributed by atoms with Crippen molar-refractivity contribution in [3.63, 3.8) is 0 Å². The molecule has 0 aliphatic rings. The largest absolute Gasteiger partial charge is 0.334 e. The molecular formula is C13H25N3. The lowest BCUT2D eigenvalue weighted by Crippen LogP contribution is -2.21. The minimum absolute atomic E-state index is 0.646. The van der Waals surface area contributed by atoms with Crippen molar-refractivity contribution in [3.05, 3.63) is 18.2 Å². The first kappa shape index (κ1) is 13.2. The zero-order valence-corrected chi connectivity index (χ0v) is 11.0. The van der Waals surface area contributed by atoms with E-state index in [-0.39, 0.29) is 0 Å². The Kier molecular flexibility index (Phi) is 5.53. The molecule has 1 heterocycles. The molecule has 1 atom stereocenters. The predicted molar refractivity (Wildman–Crippen MR) is 68.6 cm³/mol. The number of nitrogens with one attached hydrogen (secondary N) is 1. The maximum atomic E-state index is 4.29. The zero-order chi connectivity index (χ0) is 12.0. The fourth-order valence-electron chi connectivity index (χ4n) is 2.28. The van der Waals surface area contributed by atoms with E-state index in [0.717, 1.165) is 13.1 Å². The second kappa shape index (κ2) is 6.69. The Labute approximate surface area is 99.3 Å². The monoisotopic (exact) mass is 223 g/mol. The van der Waals surface area contributed by atoms with Crippen molar-refractivity contribution < 1.29 is 0 Å². The maximum Gasteiger partial charge on any atom is 0.0948 e. The van der Waals surface area contributed by atoms with Gasteiger partial charge in [0.2, 0.25) is 0 Å². The zero-order valence-electron chi connectivity index (χ0n) is 11.0. The van der Waals surface area contributed by atoms with Gasteiger partial charge in [0.05, 0.1) is 6.33 Å². The van der Waals surface area contributed by atoms with Gasteiger partial charge in [0.1, 0.15) is 0 Å². The first-order valence-corrected chi connectivity index (χ1v) is 6.37. The van der Waals surface area contributed by atoms with Gasteiger partial charge in [-0.1, -0.05) is 20.8 Å². The van der Waals surface area contributed by atoms with Gasteiger partial charge in [-0.05, 0) is 32.4 Å². The van der Waals surface area contributed by atoms with Crippen LogP contribution in [0.15, 0.2) is 12.5 Å². The maximum absolute atomic E-state index is 4.29. The lowest BCUT2D eigenvalue weighted by atomic mass is 9.99. The number of hydrogen-bond donors (Lipinski definition) is 1. The molecule has 92 valence electrons. The third-order valence-corrected chi connectivity index (χ3v) is 3.21. The van der Waals surface area contributed by atoms with Crippen LogP contribution in [0.25, 0.3) is 0 Å². The molecule has 0 saturated heterocycles. The summed E-state index contributed by atoms with van der Waals surface area (Å²) in [6, 6.07) is 0. The van der Waals surface area contributed by atoms with Crippen LogP contribution in [0.5, 0.6) is 0 Å². The SMILES string of the molecule is CCC(CC)c1cncn1CC(C)CNC. The molecule has 1 unspecified atom stereocenters. The highest BCUT2D eigenvalue weighted by atomic mass is 15.1. The smallest absolute Gasteiger partial charge is 0.0948 e. The molecular weight excluding hydrogens is 198 g/mol. The molecule has 0 fully saturated rings. The van der Waals surface area contributed by atoms with Gasteiger partial charge in [-0.25, -0.2) is 4.98 Å². The number of imidazole rings is 1. The molecule has 1 N–H and O–H groups in total. The van der Waals surface area contributed by atoms with Gasteiger partial charge in [0.25, 0.3) is 0 Å². The number of hydrogen-bond acceptors (Lipinski definition) is 2. The first-order valence-electron chi connectivity index (χ1n) is 6.37. The summed E-state index contributed by atoms with van der Waals surface area (Å²) in [7, 11) is 2.01. The summed E-state index contributed by atoms with van der Waals surface area (Å²) in [5, 5.41) is 3.22. The fraction of sp³-hybridized carbons (Fsp3) is 0.769. The van der Waals surface area contributed by atoms with Crippen molar-refractivity contribution in [2.75, 3.05) is 13.6 Å². The van der Waals surface area contributed by atoms with Gasteiger partial charge in [-0.15, -0.1) is 0 Å².